The van der Waals surface area contributed by atoms with Crippen LogP contribution in [0.5, 0.6) is 0 Å². The number of hydrogen-bond donors (Lipinski definition) is 2. The number of thiol groups is 1. The molecule has 1 saturated heterocycles. The molecule has 6 nitrogen and oxygen atoms in total. The predicted octanol–water partition coefficient (Wildman–Crippen LogP) is 2.15. The Hall–Kier alpha value is -1.89. The van der Waals surface area contributed by atoms with Gasteiger partial charge in [0.25, 0.3) is 0 Å². The molecule has 0 radical (unpaired) electrons. The Kier molecular flexibility index (Phi) is 7.59. The molecule has 2 amide bonds. The molecule has 7 heteroatoms. The summed E-state index contributed by atoms with van der Waals surface area (Å²) in [6, 6.07) is -0.223. The first-order valence-electron chi connectivity index (χ1n) is 6.91. The molecule has 0 aliphatic carbocycles. The third-order valence-electron chi connectivity index (χ3n) is 3.10. The molecule has 1 rings (SSSR count). The number of ether oxygens (including phenoxy) is 2. The molecule has 1 aliphatic rings. The van der Waals surface area contributed by atoms with Gasteiger partial charge in [-0.3, -0.25) is 0 Å². The van der Waals surface area contributed by atoms with E-state index in [-0.39, 0.29) is 31.1 Å². The lowest BCUT2D eigenvalue weighted by atomic mass is 10.1. The van der Waals surface area contributed by atoms with E-state index in [0.717, 1.165) is 0 Å². The topological polar surface area (TPSA) is 67.9 Å². The third-order valence-corrected chi connectivity index (χ3v) is 3.48. The lowest BCUT2D eigenvalue weighted by molar-refractivity contribution is 0.112. The minimum atomic E-state index is -0.553. The summed E-state index contributed by atoms with van der Waals surface area (Å²) in [5.74, 6) is 0. The summed E-state index contributed by atoms with van der Waals surface area (Å²) in [5.41, 5.74) is 0.697. The van der Waals surface area contributed by atoms with E-state index in [1.165, 1.54) is 12.2 Å². The van der Waals surface area contributed by atoms with Crippen LogP contribution < -0.4 is 5.32 Å². The molecule has 0 aromatic rings. The highest BCUT2D eigenvalue weighted by atomic mass is 32.1. The van der Waals surface area contributed by atoms with Gasteiger partial charge in [-0.15, -0.1) is 0 Å². The van der Waals surface area contributed by atoms with Crippen molar-refractivity contribution < 1.29 is 19.1 Å². The van der Waals surface area contributed by atoms with Gasteiger partial charge in [-0.2, -0.15) is 12.6 Å². The number of hydrogen-bond acceptors (Lipinski definition) is 5. The second-order valence-corrected chi connectivity index (χ2v) is 5.55. The van der Waals surface area contributed by atoms with E-state index < -0.39 is 12.2 Å². The smallest absolute Gasteiger partial charge is 0.410 e. The van der Waals surface area contributed by atoms with Gasteiger partial charge in [0.1, 0.15) is 13.2 Å². The first-order chi connectivity index (χ1) is 10.5. The molecular weight excluding hydrogens is 304 g/mol. The van der Waals surface area contributed by atoms with Crippen LogP contribution >= 0.6 is 12.6 Å². The Balaban J connectivity index is 2.53. The van der Waals surface area contributed by atoms with Crippen molar-refractivity contribution in [3.05, 3.63) is 37.5 Å². The molecular formula is C15H22N2O4S. The second kappa shape index (κ2) is 9.19. The first kappa shape index (κ1) is 18.2. The molecule has 1 heterocycles. The molecule has 1 aliphatic heterocycles. The van der Waals surface area contributed by atoms with Gasteiger partial charge in [0.2, 0.25) is 0 Å². The van der Waals surface area contributed by atoms with Gasteiger partial charge in [0.15, 0.2) is 0 Å². The third kappa shape index (κ3) is 5.48. The van der Waals surface area contributed by atoms with Crippen molar-refractivity contribution in [1.29, 1.82) is 0 Å². The van der Waals surface area contributed by atoms with Crippen molar-refractivity contribution in [3.63, 3.8) is 0 Å². The van der Waals surface area contributed by atoms with Crippen LogP contribution in [-0.4, -0.2) is 54.7 Å². The number of carbonyl (C=O) groups excluding carboxylic acids is 2. The molecule has 1 fully saturated rings. The van der Waals surface area contributed by atoms with Gasteiger partial charge in [0, 0.05) is 18.3 Å². The molecule has 0 spiro atoms. The summed E-state index contributed by atoms with van der Waals surface area (Å²) in [5, 5.41) is 2.63. The molecule has 0 bridgehead atoms. The lowest BCUT2D eigenvalue weighted by Crippen LogP contribution is -2.40. The number of alkyl carbamates (subject to hydrolysis) is 1. The lowest BCUT2D eigenvalue weighted by Gasteiger charge is -2.25. The zero-order chi connectivity index (χ0) is 16.5. The number of carbonyl (C=O) groups is 2. The van der Waals surface area contributed by atoms with E-state index >= 15 is 0 Å². The fourth-order valence-corrected chi connectivity index (χ4v) is 2.48. The van der Waals surface area contributed by atoms with E-state index in [4.69, 9.17) is 9.47 Å². The summed E-state index contributed by atoms with van der Waals surface area (Å²) in [6.45, 7) is 11.9. The maximum Gasteiger partial charge on any atom is 0.410 e. The van der Waals surface area contributed by atoms with Crippen LogP contribution in [0, 0.1) is 0 Å². The molecule has 22 heavy (non-hydrogen) atoms. The summed E-state index contributed by atoms with van der Waals surface area (Å²) in [7, 11) is 0. The van der Waals surface area contributed by atoms with E-state index in [1.54, 1.807) is 4.90 Å². The van der Waals surface area contributed by atoms with Crippen molar-refractivity contribution in [2.75, 3.05) is 26.3 Å². The van der Waals surface area contributed by atoms with Crippen molar-refractivity contribution in [2.24, 2.45) is 0 Å². The standard InChI is InChI=1S/C15H22N2O4S/c1-4-6-20-14(18)16-9-11(3)13-8-12(22)10-17(13)15(19)21-7-5-2/h4-5,12-13,22H,1-3,6-10H2,(H,16,18)/t12-,13-/m0/s1. The maximum atomic E-state index is 12.0. The van der Waals surface area contributed by atoms with Crippen LogP contribution in [0.1, 0.15) is 6.42 Å². The molecule has 122 valence electrons. The number of rotatable bonds is 7. The minimum Gasteiger partial charge on any atom is -0.445 e. The SMILES string of the molecule is C=CCOC(=O)NCC(=C)[C@@H]1C[C@H](S)CN1C(=O)OCC=C. The van der Waals surface area contributed by atoms with Gasteiger partial charge < -0.3 is 19.7 Å². The van der Waals surface area contributed by atoms with Gasteiger partial charge in [-0.05, 0) is 12.0 Å². The Morgan fingerprint density at radius 2 is 1.91 bits per heavy atom. The van der Waals surface area contributed by atoms with Crippen LogP contribution in [0.4, 0.5) is 9.59 Å². The van der Waals surface area contributed by atoms with Crippen LogP contribution in [0.2, 0.25) is 0 Å². The molecule has 2 atom stereocenters. The Morgan fingerprint density at radius 1 is 1.27 bits per heavy atom. The van der Waals surface area contributed by atoms with Crippen LogP contribution in [0.15, 0.2) is 37.5 Å². The largest absolute Gasteiger partial charge is 0.445 e. The fourth-order valence-electron chi connectivity index (χ4n) is 2.10. The monoisotopic (exact) mass is 326 g/mol. The maximum absolute atomic E-state index is 12.0. The second-order valence-electron chi connectivity index (χ2n) is 4.82. The molecule has 1 N–H and O–H groups in total. The summed E-state index contributed by atoms with van der Waals surface area (Å²) < 4.78 is 9.87. The average molecular weight is 326 g/mol. The van der Waals surface area contributed by atoms with E-state index in [2.05, 4.69) is 37.7 Å². The van der Waals surface area contributed by atoms with Crippen molar-refractivity contribution in [2.45, 2.75) is 17.7 Å². The molecule has 0 aromatic carbocycles. The average Bonchev–Trinajstić information content (AvgIpc) is 2.90. The van der Waals surface area contributed by atoms with Crippen LogP contribution in [0.3, 0.4) is 0 Å². The first-order valence-corrected chi connectivity index (χ1v) is 7.42. The number of nitrogens with one attached hydrogen (secondary N) is 1. The fraction of sp³-hybridized carbons (Fsp3) is 0.467. The predicted molar refractivity (Wildman–Crippen MR) is 88.1 cm³/mol. The highest BCUT2D eigenvalue weighted by Crippen LogP contribution is 2.26. The zero-order valence-electron chi connectivity index (χ0n) is 12.5. The zero-order valence-corrected chi connectivity index (χ0v) is 13.4. The summed E-state index contributed by atoms with van der Waals surface area (Å²) in [4.78, 5) is 25.0. The van der Waals surface area contributed by atoms with Crippen molar-refractivity contribution in [3.8, 4) is 0 Å². The van der Waals surface area contributed by atoms with Gasteiger partial charge >= 0.3 is 12.2 Å². The molecule has 0 saturated carbocycles. The quantitative estimate of drug-likeness (QED) is 0.556. The van der Waals surface area contributed by atoms with E-state index in [0.29, 0.717) is 18.5 Å². The van der Waals surface area contributed by atoms with Gasteiger partial charge in [-0.25, -0.2) is 9.59 Å². The normalized spacial score (nSPS) is 20.1. The number of likely N-dealkylation sites (tertiary alicyclic amines) is 1. The Morgan fingerprint density at radius 3 is 2.55 bits per heavy atom. The van der Waals surface area contributed by atoms with Crippen molar-refractivity contribution >= 4 is 24.8 Å². The highest BCUT2D eigenvalue weighted by molar-refractivity contribution is 7.81. The highest BCUT2D eigenvalue weighted by Gasteiger charge is 2.36. The van der Waals surface area contributed by atoms with Crippen LogP contribution in [-0.2, 0) is 9.47 Å². The summed E-state index contributed by atoms with van der Waals surface area (Å²) >= 11 is 4.41. The van der Waals surface area contributed by atoms with Crippen molar-refractivity contribution in [1.82, 2.24) is 10.2 Å². The van der Waals surface area contributed by atoms with E-state index in [1.807, 2.05) is 0 Å². The number of nitrogens with zero attached hydrogens (tertiary/aromatic N) is 1. The summed E-state index contributed by atoms with van der Waals surface area (Å²) in [6.07, 6.45) is 2.66. The molecule has 0 unspecified atom stereocenters. The Labute approximate surface area is 136 Å². The van der Waals surface area contributed by atoms with E-state index in [9.17, 15) is 9.59 Å². The Bertz CT molecular complexity index is 453. The number of amides is 2. The van der Waals surface area contributed by atoms with Gasteiger partial charge in [0.05, 0.1) is 6.04 Å². The van der Waals surface area contributed by atoms with Crippen LogP contribution in [0.25, 0.3) is 0 Å². The minimum absolute atomic E-state index is 0.0470. The van der Waals surface area contributed by atoms with Gasteiger partial charge in [-0.1, -0.05) is 31.9 Å². The molecule has 0 aromatic heterocycles.